The molecule has 3 rings (SSSR count). The molecule has 9 heteroatoms. The van der Waals surface area contributed by atoms with Crippen molar-refractivity contribution >= 4 is 29.3 Å². The average Bonchev–Trinajstić information content (AvgIpc) is 2.75. The Morgan fingerprint density at radius 3 is 2.68 bits per heavy atom. The summed E-state index contributed by atoms with van der Waals surface area (Å²) in [5.74, 6) is -0.338. The smallest absolute Gasteiger partial charge is 0.410 e. The second-order valence-electron chi connectivity index (χ2n) is 9.49. The molecule has 1 aliphatic rings. The molecule has 1 aromatic carbocycles. The summed E-state index contributed by atoms with van der Waals surface area (Å²) in [4.78, 5) is 33.2. The zero-order chi connectivity index (χ0) is 25.0. The fraction of sp³-hybridized carbons (Fsp3) is 0.440. The highest BCUT2D eigenvalue weighted by atomic mass is 35.5. The number of nitrogens with one attached hydrogen (secondary N) is 1. The molecule has 2 amide bonds. The van der Waals surface area contributed by atoms with E-state index in [1.807, 2.05) is 46.8 Å². The van der Waals surface area contributed by atoms with Gasteiger partial charge in [-0.05, 0) is 70.0 Å². The van der Waals surface area contributed by atoms with Crippen molar-refractivity contribution in [1.29, 1.82) is 5.26 Å². The maximum atomic E-state index is 12.7. The fourth-order valence-corrected chi connectivity index (χ4v) is 4.11. The van der Waals surface area contributed by atoms with Gasteiger partial charge in [-0.2, -0.15) is 5.26 Å². The van der Waals surface area contributed by atoms with Crippen LogP contribution in [0.1, 0.15) is 54.9 Å². The maximum Gasteiger partial charge on any atom is 0.410 e. The summed E-state index contributed by atoms with van der Waals surface area (Å²) in [5, 5.41) is 12.4. The third-order valence-electron chi connectivity index (χ3n) is 5.60. The quantitative estimate of drug-likeness (QED) is 0.681. The molecule has 1 atom stereocenters. The van der Waals surface area contributed by atoms with E-state index in [2.05, 4.69) is 15.2 Å². The van der Waals surface area contributed by atoms with Crippen molar-refractivity contribution in [3.8, 4) is 6.07 Å². The molecule has 0 radical (unpaired) electrons. The Balaban J connectivity index is 1.70. The Morgan fingerprint density at radius 1 is 1.29 bits per heavy atom. The van der Waals surface area contributed by atoms with Gasteiger partial charge >= 0.3 is 6.09 Å². The second-order valence-corrected chi connectivity index (χ2v) is 9.93. The number of anilines is 1. The Bertz CT molecular complexity index is 1120. The van der Waals surface area contributed by atoms with Gasteiger partial charge in [-0.15, -0.1) is 0 Å². The van der Waals surface area contributed by atoms with Crippen LogP contribution in [0.4, 0.5) is 10.5 Å². The van der Waals surface area contributed by atoms with E-state index in [9.17, 15) is 9.59 Å². The van der Waals surface area contributed by atoms with Crippen molar-refractivity contribution in [2.75, 3.05) is 25.0 Å². The standard InChI is InChI=1S/C25H30ClN5O3/c1-16-14-30(8-9-31(16)24(33)34-25(3,4)5)15-19-10-20(26)12-22(17(19)2)29-23(32)18-6-7-28-21(11-18)13-27/h6-7,10-12,16H,8-9,14-15H2,1-5H3,(H,29,32). The maximum absolute atomic E-state index is 12.7. The third-order valence-corrected chi connectivity index (χ3v) is 5.82. The number of benzene rings is 1. The zero-order valence-electron chi connectivity index (χ0n) is 20.2. The Hall–Kier alpha value is -3.15. The Labute approximate surface area is 205 Å². The van der Waals surface area contributed by atoms with Crippen LogP contribution in [0.5, 0.6) is 0 Å². The molecule has 1 saturated heterocycles. The van der Waals surface area contributed by atoms with Gasteiger partial charge in [-0.3, -0.25) is 9.69 Å². The zero-order valence-corrected chi connectivity index (χ0v) is 20.9. The van der Waals surface area contributed by atoms with Crippen LogP contribution in [-0.2, 0) is 11.3 Å². The topological polar surface area (TPSA) is 98.6 Å². The number of nitriles is 1. The summed E-state index contributed by atoms with van der Waals surface area (Å²) in [5.41, 5.74) is 2.51. The lowest BCUT2D eigenvalue weighted by molar-refractivity contribution is 0.000535. The van der Waals surface area contributed by atoms with Crippen LogP contribution < -0.4 is 5.32 Å². The highest BCUT2D eigenvalue weighted by Crippen LogP contribution is 2.27. The molecule has 1 fully saturated rings. The third kappa shape index (κ3) is 6.46. The van der Waals surface area contributed by atoms with E-state index in [1.54, 1.807) is 17.0 Å². The first-order valence-electron chi connectivity index (χ1n) is 11.2. The summed E-state index contributed by atoms with van der Waals surface area (Å²) in [6, 6.07) is 8.56. The Kier molecular flexibility index (Phi) is 7.80. The van der Waals surface area contributed by atoms with E-state index in [4.69, 9.17) is 21.6 Å². The number of rotatable bonds is 4. The molecular formula is C25H30ClN5O3. The van der Waals surface area contributed by atoms with Gasteiger partial charge in [0.05, 0.1) is 0 Å². The molecule has 1 aromatic heterocycles. The highest BCUT2D eigenvalue weighted by Gasteiger charge is 2.31. The van der Waals surface area contributed by atoms with E-state index in [1.165, 1.54) is 12.3 Å². The normalized spacial score (nSPS) is 16.6. The van der Waals surface area contributed by atoms with Gasteiger partial charge in [0.2, 0.25) is 0 Å². The van der Waals surface area contributed by atoms with Crippen molar-refractivity contribution in [2.45, 2.75) is 52.8 Å². The lowest BCUT2D eigenvalue weighted by Crippen LogP contribution is -2.54. The monoisotopic (exact) mass is 483 g/mol. The number of carbonyl (C=O) groups excluding carboxylic acids is 2. The lowest BCUT2D eigenvalue weighted by Gasteiger charge is -2.40. The number of hydrogen-bond acceptors (Lipinski definition) is 6. The van der Waals surface area contributed by atoms with E-state index in [0.717, 1.165) is 11.1 Å². The van der Waals surface area contributed by atoms with Gasteiger partial charge in [0.25, 0.3) is 5.91 Å². The predicted molar refractivity (Wildman–Crippen MR) is 131 cm³/mol. The molecule has 1 N–H and O–H groups in total. The lowest BCUT2D eigenvalue weighted by atomic mass is 10.0. The number of aromatic nitrogens is 1. The number of hydrogen-bond donors (Lipinski definition) is 1. The molecule has 0 saturated carbocycles. The number of carbonyl (C=O) groups is 2. The van der Waals surface area contributed by atoms with E-state index < -0.39 is 5.60 Å². The minimum absolute atomic E-state index is 0.00304. The molecule has 8 nitrogen and oxygen atoms in total. The first kappa shape index (κ1) is 25.5. The summed E-state index contributed by atoms with van der Waals surface area (Å²) < 4.78 is 5.53. The second kappa shape index (κ2) is 10.4. The van der Waals surface area contributed by atoms with Gasteiger partial charge in [-0.25, -0.2) is 9.78 Å². The molecule has 2 aromatic rings. The van der Waals surface area contributed by atoms with E-state index in [0.29, 0.717) is 42.5 Å². The SMILES string of the molecule is Cc1c(CN2CCN(C(=O)OC(C)(C)C)C(C)C2)cc(Cl)cc1NC(=O)c1ccnc(C#N)c1. The predicted octanol–water partition coefficient (Wildman–Crippen LogP) is 4.61. The van der Waals surface area contributed by atoms with E-state index in [-0.39, 0.29) is 23.7 Å². The first-order valence-corrected chi connectivity index (χ1v) is 11.5. The number of nitrogens with zero attached hydrogens (tertiary/aromatic N) is 4. The molecule has 180 valence electrons. The average molecular weight is 484 g/mol. The summed E-state index contributed by atoms with van der Waals surface area (Å²) >= 11 is 6.38. The van der Waals surface area contributed by atoms with Crippen LogP contribution in [0, 0.1) is 18.3 Å². The molecular weight excluding hydrogens is 454 g/mol. The first-order chi connectivity index (χ1) is 16.0. The van der Waals surface area contributed by atoms with Crippen LogP contribution in [0.3, 0.4) is 0 Å². The summed E-state index contributed by atoms with van der Waals surface area (Å²) in [7, 11) is 0. The van der Waals surface area contributed by atoms with Crippen molar-refractivity contribution in [3.63, 3.8) is 0 Å². The summed E-state index contributed by atoms with van der Waals surface area (Å²) in [6.45, 7) is 12.1. The molecule has 0 bridgehead atoms. The van der Waals surface area contributed by atoms with Crippen LogP contribution in [0.25, 0.3) is 0 Å². The Morgan fingerprint density at radius 2 is 2.03 bits per heavy atom. The largest absolute Gasteiger partial charge is 0.444 e. The molecule has 2 heterocycles. The number of pyridine rings is 1. The number of piperazine rings is 1. The van der Waals surface area contributed by atoms with Crippen LogP contribution in [-0.4, -0.2) is 58.1 Å². The molecule has 34 heavy (non-hydrogen) atoms. The minimum atomic E-state index is -0.529. The molecule has 1 unspecified atom stereocenters. The van der Waals surface area contributed by atoms with Crippen molar-refractivity contribution in [2.24, 2.45) is 0 Å². The minimum Gasteiger partial charge on any atom is -0.444 e. The number of amides is 2. The number of ether oxygens (including phenoxy) is 1. The van der Waals surface area contributed by atoms with Gasteiger partial charge in [0, 0.05) is 54.7 Å². The van der Waals surface area contributed by atoms with Crippen LogP contribution in [0.15, 0.2) is 30.5 Å². The molecule has 0 spiro atoms. The van der Waals surface area contributed by atoms with Crippen molar-refractivity contribution in [1.82, 2.24) is 14.8 Å². The molecule has 1 aliphatic heterocycles. The number of halogens is 1. The van der Waals surface area contributed by atoms with Crippen molar-refractivity contribution in [3.05, 3.63) is 57.9 Å². The van der Waals surface area contributed by atoms with Gasteiger partial charge in [-0.1, -0.05) is 11.6 Å². The fourth-order valence-electron chi connectivity index (χ4n) is 3.87. The van der Waals surface area contributed by atoms with Crippen LogP contribution >= 0.6 is 11.6 Å². The van der Waals surface area contributed by atoms with Gasteiger partial charge in [0.15, 0.2) is 0 Å². The summed E-state index contributed by atoms with van der Waals surface area (Å²) in [6.07, 6.45) is 1.14. The van der Waals surface area contributed by atoms with Crippen molar-refractivity contribution < 1.29 is 14.3 Å². The van der Waals surface area contributed by atoms with Gasteiger partial charge in [0.1, 0.15) is 17.4 Å². The molecule has 0 aliphatic carbocycles. The van der Waals surface area contributed by atoms with E-state index >= 15 is 0 Å². The van der Waals surface area contributed by atoms with Gasteiger partial charge < -0.3 is 15.0 Å². The van der Waals surface area contributed by atoms with Crippen LogP contribution in [0.2, 0.25) is 5.02 Å². The highest BCUT2D eigenvalue weighted by molar-refractivity contribution is 6.31.